The third-order valence-corrected chi connectivity index (χ3v) is 2.56. The molecule has 0 heterocycles. The number of hydrogen-bond donors (Lipinski definition) is 1. The van der Waals surface area contributed by atoms with E-state index in [-0.39, 0.29) is 5.56 Å². The molecule has 0 saturated carbocycles. The van der Waals surface area contributed by atoms with Crippen molar-refractivity contribution in [1.29, 1.82) is 0 Å². The third-order valence-electron chi connectivity index (χ3n) is 2.56. The van der Waals surface area contributed by atoms with E-state index in [9.17, 15) is 8.78 Å². The van der Waals surface area contributed by atoms with E-state index in [0.717, 1.165) is 12.8 Å². The summed E-state index contributed by atoms with van der Waals surface area (Å²) in [6.07, 6.45) is 2.48. The Bertz CT molecular complexity index is 337. The van der Waals surface area contributed by atoms with E-state index in [1.54, 1.807) is 6.92 Å². The molecule has 0 saturated heterocycles. The lowest BCUT2D eigenvalue weighted by Gasteiger charge is -2.14. The van der Waals surface area contributed by atoms with Gasteiger partial charge in [0.05, 0.1) is 0 Å². The van der Waals surface area contributed by atoms with Crippen molar-refractivity contribution in [3.8, 4) is 0 Å². The van der Waals surface area contributed by atoms with Crippen LogP contribution >= 0.6 is 0 Å². The van der Waals surface area contributed by atoms with Crippen LogP contribution in [0.3, 0.4) is 0 Å². The van der Waals surface area contributed by atoms with E-state index in [0.29, 0.717) is 12.0 Å². The van der Waals surface area contributed by atoms with Gasteiger partial charge in [0, 0.05) is 11.6 Å². The molecular weight excluding hydrogens is 196 g/mol. The van der Waals surface area contributed by atoms with E-state index in [2.05, 4.69) is 0 Å². The molecule has 0 radical (unpaired) electrons. The van der Waals surface area contributed by atoms with E-state index >= 15 is 0 Å². The fourth-order valence-corrected chi connectivity index (χ4v) is 1.59. The maximum absolute atomic E-state index is 13.6. The Morgan fingerprint density at radius 2 is 2.00 bits per heavy atom. The molecule has 0 fully saturated rings. The highest BCUT2D eigenvalue weighted by atomic mass is 19.1. The van der Waals surface area contributed by atoms with Crippen LogP contribution in [0.25, 0.3) is 0 Å². The van der Waals surface area contributed by atoms with Gasteiger partial charge in [0.1, 0.15) is 11.6 Å². The lowest BCUT2D eigenvalue weighted by atomic mass is 9.99. The number of halogens is 2. The van der Waals surface area contributed by atoms with Gasteiger partial charge in [-0.15, -0.1) is 0 Å². The summed E-state index contributed by atoms with van der Waals surface area (Å²) < 4.78 is 27.0. The summed E-state index contributed by atoms with van der Waals surface area (Å²) in [7, 11) is 0. The van der Waals surface area contributed by atoms with Gasteiger partial charge in [-0.1, -0.05) is 25.8 Å². The molecule has 0 aromatic heterocycles. The average Bonchev–Trinajstić information content (AvgIpc) is 2.21. The quantitative estimate of drug-likeness (QED) is 0.814. The molecule has 1 atom stereocenters. The first kappa shape index (κ1) is 12.1. The second-order valence-electron chi connectivity index (χ2n) is 3.84. The van der Waals surface area contributed by atoms with Gasteiger partial charge in [0.15, 0.2) is 0 Å². The minimum Gasteiger partial charge on any atom is -0.324 e. The molecule has 2 N–H and O–H groups in total. The predicted molar refractivity (Wildman–Crippen MR) is 57.5 cm³/mol. The van der Waals surface area contributed by atoms with Gasteiger partial charge >= 0.3 is 0 Å². The van der Waals surface area contributed by atoms with E-state index in [4.69, 9.17) is 5.73 Å². The van der Waals surface area contributed by atoms with Crippen molar-refractivity contribution in [3.63, 3.8) is 0 Å². The van der Waals surface area contributed by atoms with E-state index < -0.39 is 17.7 Å². The molecule has 0 amide bonds. The van der Waals surface area contributed by atoms with Crippen LogP contribution in [0.4, 0.5) is 8.78 Å². The van der Waals surface area contributed by atoms with Gasteiger partial charge in [0.25, 0.3) is 0 Å². The van der Waals surface area contributed by atoms with Gasteiger partial charge in [-0.3, -0.25) is 0 Å². The molecule has 0 aliphatic heterocycles. The molecule has 0 aliphatic rings. The fourth-order valence-electron chi connectivity index (χ4n) is 1.59. The topological polar surface area (TPSA) is 26.0 Å². The molecule has 0 unspecified atom stereocenters. The Morgan fingerprint density at radius 3 is 2.60 bits per heavy atom. The molecule has 15 heavy (non-hydrogen) atoms. The van der Waals surface area contributed by atoms with Crippen molar-refractivity contribution in [3.05, 3.63) is 34.9 Å². The molecule has 1 nitrogen and oxygen atoms in total. The molecule has 0 spiro atoms. The van der Waals surface area contributed by atoms with Gasteiger partial charge in [-0.2, -0.15) is 0 Å². The molecule has 84 valence electrons. The summed E-state index contributed by atoms with van der Waals surface area (Å²) in [5.41, 5.74) is 6.25. The van der Waals surface area contributed by atoms with Crippen LogP contribution in [0.5, 0.6) is 0 Å². The molecule has 0 aliphatic carbocycles. The zero-order valence-corrected chi connectivity index (χ0v) is 9.19. The summed E-state index contributed by atoms with van der Waals surface area (Å²) in [6, 6.07) is 2.17. The van der Waals surface area contributed by atoms with Crippen LogP contribution in [0.15, 0.2) is 12.1 Å². The van der Waals surface area contributed by atoms with Gasteiger partial charge in [0.2, 0.25) is 0 Å². The first-order chi connectivity index (χ1) is 7.07. The van der Waals surface area contributed by atoms with Gasteiger partial charge in [-0.05, 0) is 25.0 Å². The van der Waals surface area contributed by atoms with Crippen molar-refractivity contribution in [2.75, 3.05) is 0 Å². The third kappa shape index (κ3) is 2.75. The van der Waals surface area contributed by atoms with E-state index in [1.807, 2.05) is 6.92 Å². The lowest BCUT2D eigenvalue weighted by molar-refractivity contribution is 0.499. The normalized spacial score (nSPS) is 12.9. The number of nitrogens with two attached hydrogens (primary N) is 1. The predicted octanol–water partition coefficient (Wildman–Crippen LogP) is 3.46. The highest BCUT2D eigenvalue weighted by Crippen LogP contribution is 2.24. The highest BCUT2D eigenvalue weighted by molar-refractivity contribution is 5.28. The Balaban J connectivity index is 2.96. The molecule has 1 aromatic carbocycles. The average molecular weight is 213 g/mol. The SMILES string of the molecule is CCCC[C@@H](N)c1c(F)ccc(C)c1F. The monoisotopic (exact) mass is 213 g/mol. The minimum absolute atomic E-state index is 0.0310. The number of aryl methyl sites for hydroxylation is 1. The van der Waals surface area contributed by atoms with Gasteiger partial charge < -0.3 is 5.73 Å². The number of rotatable bonds is 4. The summed E-state index contributed by atoms with van der Waals surface area (Å²) in [5, 5.41) is 0. The summed E-state index contributed by atoms with van der Waals surface area (Å²) in [5.74, 6) is -1.04. The van der Waals surface area contributed by atoms with Crippen molar-refractivity contribution >= 4 is 0 Å². The molecule has 0 bridgehead atoms. The largest absolute Gasteiger partial charge is 0.324 e. The van der Waals surface area contributed by atoms with Crippen LogP contribution in [0.2, 0.25) is 0 Å². The Labute approximate surface area is 89.3 Å². The van der Waals surface area contributed by atoms with Crippen LogP contribution in [-0.4, -0.2) is 0 Å². The summed E-state index contributed by atoms with van der Waals surface area (Å²) in [6.45, 7) is 3.64. The molecule has 1 rings (SSSR count). The Kier molecular flexibility index (Phi) is 4.21. The second-order valence-corrected chi connectivity index (χ2v) is 3.84. The maximum atomic E-state index is 13.6. The molecule has 1 aromatic rings. The maximum Gasteiger partial charge on any atom is 0.133 e. The molecular formula is C12H17F2N. The summed E-state index contributed by atoms with van der Waals surface area (Å²) >= 11 is 0. The number of benzene rings is 1. The minimum atomic E-state index is -0.540. The van der Waals surface area contributed by atoms with Crippen LogP contribution in [0.1, 0.15) is 43.4 Å². The van der Waals surface area contributed by atoms with Crippen LogP contribution in [0, 0.1) is 18.6 Å². The van der Waals surface area contributed by atoms with Crippen molar-refractivity contribution in [2.24, 2.45) is 5.73 Å². The smallest absolute Gasteiger partial charge is 0.133 e. The number of unbranched alkanes of at least 4 members (excludes halogenated alkanes) is 1. The Hall–Kier alpha value is -0.960. The van der Waals surface area contributed by atoms with Crippen LogP contribution in [-0.2, 0) is 0 Å². The van der Waals surface area contributed by atoms with Crippen LogP contribution < -0.4 is 5.73 Å². The van der Waals surface area contributed by atoms with Gasteiger partial charge in [-0.25, -0.2) is 8.78 Å². The van der Waals surface area contributed by atoms with Crippen molar-refractivity contribution < 1.29 is 8.78 Å². The highest BCUT2D eigenvalue weighted by Gasteiger charge is 2.17. The number of hydrogen-bond acceptors (Lipinski definition) is 1. The lowest BCUT2D eigenvalue weighted by Crippen LogP contribution is -2.14. The second kappa shape index (κ2) is 5.21. The zero-order valence-electron chi connectivity index (χ0n) is 9.19. The first-order valence-electron chi connectivity index (χ1n) is 5.28. The van der Waals surface area contributed by atoms with Crippen molar-refractivity contribution in [1.82, 2.24) is 0 Å². The summed E-state index contributed by atoms with van der Waals surface area (Å²) in [4.78, 5) is 0. The standard InChI is InChI=1S/C12H17F2N/c1-3-4-5-10(15)11-9(13)7-6-8(2)12(11)14/h6-7,10H,3-5,15H2,1-2H3/t10-/m1/s1. The first-order valence-corrected chi connectivity index (χ1v) is 5.28. The Morgan fingerprint density at radius 1 is 1.33 bits per heavy atom. The fraction of sp³-hybridized carbons (Fsp3) is 0.500. The molecule has 3 heteroatoms. The van der Waals surface area contributed by atoms with Crippen molar-refractivity contribution in [2.45, 2.75) is 39.2 Å². The van der Waals surface area contributed by atoms with E-state index in [1.165, 1.54) is 12.1 Å². The zero-order chi connectivity index (χ0) is 11.4.